The molecule has 14 heavy (non-hydrogen) atoms. The molecule has 0 radical (unpaired) electrons. The van der Waals surface area contributed by atoms with Crippen molar-refractivity contribution in [3.05, 3.63) is 12.2 Å². The molecular formula is C10H17NO3. The van der Waals surface area contributed by atoms with Gasteiger partial charge >= 0.3 is 6.09 Å². The van der Waals surface area contributed by atoms with Crippen molar-refractivity contribution in [1.82, 2.24) is 4.90 Å². The number of ether oxygens (including phenoxy) is 1. The van der Waals surface area contributed by atoms with Crippen LogP contribution in [0.15, 0.2) is 12.2 Å². The molecule has 0 aromatic heterocycles. The lowest BCUT2D eigenvalue weighted by molar-refractivity contribution is 0.129. The molecule has 0 aromatic carbocycles. The minimum atomic E-state index is -0.327. The number of nitrogens with zero attached hydrogens (tertiary/aromatic N) is 1. The first kappa shape index (κ1) is 11.0. The van der Waals surface area contributed by atoms with Crippen LogP contribution in [0.25, 0.3) is 0 Å². The number of aliphatic hydroxyl groups is 1. The van der Waals surface area contributed by atoms with Crippen LogP contribution in [0.2, 0.25) is 0 Å². The van der Waals surface area contributed by atoms with Gasteiger partial charge in [0.25, 0.3) is 0 Å². The summed E-state index contributed by atoms with van der Waals surface area (Å²) >= 11 is 0. The highest BCUT2D eigenvalue weighted by atomic mass is 16.5. The molecule has 0 spiro atoms. The number of hydrogen-bond acceptors (Lipinski definition) is 3. The molecule has 0 saturated carbocycles. The molecule has 80 valence electrons. The van der Waals surface area contributed by atoms with E-state index in [0.29, 0.717) is 13.1 Å². The Morgan fingerprint density at radius 1 is 1.64 bits per heavy atom. The number of hydrogen-bond donors (Lipinski definition) is 1. The van der Waals surface area contributed by atoms with Crippen LogP contribution in [0.4, 0.5) is 4.79 Å². The standard InChI is InChI=1S/C10H17NO3/c1-7(2)9-5-11(10(13)14-3)4-8(9)6-12/h8-9,12H,1,4-6H2,2-3H3/t8-,9+/m0/s1. The lowest BCUT2D eigenvalue weighted by Gasteiger charge is -2.14. The van der Waals surface area contributed by atoms with Gasteiger partial charge in [-0.3, -0.25) is 0 Å². The van der Waals surface area contributed by atoms with Crippen molar-refractivity contribution in [2.24, 2.45) is 11.8 Å². The molecule has 0 aromatic rings. The van der Waals surface area contributed by atoms with E-state index in [0.717, 1.165) is 5.57 Å². The molecule has 1 amide bonds. The summed E-state index contributed by atoms with van der Waals surface area (Å²) in [4.78, 5) is 12.8. The van der Waals surface area contributed by atoms with Gasteiger partial charge in [0, 0.05) is 31.5 Å². The topological polar surface area (TPSA) is 49.8 Å². The predicted octanol–water partition coefficient (Wildman–Crippen LogP) is 0.869. The number of rotatable bonds is 2. The first-order valence-corrected chi connectivity index (χ1v) is 4.69. The first-order chi connectivity index (χ1) is 6.60. The van der Waals surface area contributed by atoms with E-state index in [4.69, 9.17) is 5.11 Å². The minimum Gasteiger partial charge on any atom is -0.453 e. The van der Waals surface area contributed by atoms with Gasteiger partial charge in [0.05, 0.1) is 7.11 Å². The molecule has 1 N–H and O–H groups in total. The van der Waals surface area contributed by atoms with Crippen LogP contribution in [0.1, 0.15) is 6.92 Å². The van der Waals surface area contributed by atoms with E-state index in [1.165, 1.54) is 7.11 Å². The Bertz CT molecular complexity index is 240. The highest BCUT2D eigenvalue weighted by Crippen LogP contribution is 2.28. The van der Waals surface area contributed by atoms with E-state index >= 15 is 0 Å². The summed E-state index contributed by atoms with van der Waals surface area (Å²) in [5, 5.41) is 9.14. The summed E-state index contributed by atoms with van der Waals surface area (Å²) in [7, 11) is 1.37. The summed E-state index contributed by atoms with van der Waals surface area (Å²) < 4.78 is 4.63. The minimum absolute atomic E-state index is 0.0883. The van der Waals surface area contributed by atoms with Gasteiger partial charge in [0.15, 0.2) is 0 Å². The van der Waals surface area contributed by atoms with Crippen LogP contribution in [0.5, 0.6) is 0 Å². The van der Waals surface area contributed by atoms with Crippen molar-refractivity contribution < 1.29 is 14.6 Å². The monoisotopic (exact) mass is 199 g/mol. The summed E-state index contributed by atoms with van der Waals surface area (Å²) in [5.74, 6) is 0.297. The van der Waals surface area contributed by atoms with Crippen molar-refractivity contribution in [2.75, 3.05) is 26.8 Å². The Morgan fingerprint density at radius 2 is 2.29 bits per heavy atom. The van der Waals surface area contributed by atoms with Crippen LogP contribution < -0.4 is 0 Å². The van der Waals surface area contributed by atoms with E-state index < -0.39 is 0 Å². The van der Waals surface area contributed by atoms with Gasteiger partial charge in [0.2, 0.25) is 0 Å². The first-order valence-electron chi connectivity index (χ1n) is 4.69. The van der Waals surface area contributed by atoms with Crippen LogP contribution >= 0.6 is 0 Å². The van der Waals surface area contributed by atoms with Crippen molar-refractivity contribution in [3.63, 3.8) is 0 Å². The van der Waals surface area contributed by atoms with Gasteiger partial charge in [-0.05, 0) is 6.92 Å². The SMILES string of the molecule is C=C(C)[C@H]1CN(C(=O)OC)C[C@H]1CO. The molecule has 4 heteroatoms. The largest absolute Gasteiger partial charge is 0.453 e. The van der Waals surface area contributed by atoms with Crippen molar-refractivity contribution in [3.8, 4) is 0 Å². The lowest BCUT2D eigenvalue weighted by atomic mass is 9.91. The number of methoxy groups -OCH3 is 1. The second-order valence-electron chi connectivity index (χ2n) is 3.77. The molecule has 1 rings (SSSR count). The molecular weight excluding hydrogens is 182 g/mol. The maximum atomic E-state index is 11.2. The number of carbonyl (C=O) groups excluding carboxylic acids is 1. The summed E-state index contributed by atoms with van der Waals surface area (Å²) in [6, 6.07) is 0. The Labute approximate surface area is 84.2 Å². The van der Waals surface area contributed by atoms with Crippen LogP contribution in [0.3, 0.4) is 0 Å². The fourth-order valence-corrected chi connectivity index (χ4v) is 1.89. The van der Waals surface area contributed by atoms with Crippen LogP contribution in [0, 0.1) is 11.8 Å². The Kier molecular flexibility index (Phi) is 3.52. The molecule has 1 aliphatic rings. The predicted molar refractivity (Wildman–Crippen MR) is 52.9 cm³/mol. The molecule has 0 unspecified atom stereocenters. The third-order valence-electron chi connectivity index (χ3n) is 2.74. The van der Waals surface area contributed by atoms with Crippen LogP contribution in [-0.2, 0) is 4.74 Å². The Morgan fingerprint density at radius 3 is 2.64 bits per heavy atom. The van der Waals surface area contributed by atoms with Gasteiger partial charge < -0.3 is 14.7 Å². The zero-order chi connectivity index (χ0) is 10.7. The molecule has 4 nitrogen and oxygen atoms in total. The molecule has 0 bridgehead atoms. The maximum Gasteiger partial charge on any atom is 0.409 e. The van der Waals surface area contributed by atoms with Crippen molar-refractivity contribution >= 4 is 6.09 Å². The molecule has 0 aliphatic carbocycles. The van der Waals surface area contributed by atoms with Gasteiger partial charge in [-0.25, -0.2) is 4.79 Å². The average Bonchev–Trinajstić information content (AvgIpc) is 2.60. The highest BCUT2D eigenvalue weighted by Gasteiger charge is 2.35. The molecule has 1 saturated heterocycles. The lowest BCUT2D eigenvalue weighted by Crippen LogP contribution is -2.29. The molecule has 1 aliphatic heterocycles. The summed E-state index contributed by atoms with van der Waals surface area (Å²) in [5.41, 5.74) is 1.01. The van der Waals surface area contributed by atoms with Crippen LogP contribution in [-0.4, -0.2) is 42.9 Å². The van der Waals surface area contributed by atoms with Gasteiger partial charge in [-0.2, -0.15) is 0 Å². The van der Waals surface area contributed by atoms with Gasteiger partial charge in [-0.15, -0.1) is 0 Å². The Balaban J connectivity index is 2.65. The molecule has 1 fully saturated rings. The van der Waals surface area contributed by atoms with E-state index in [9.17, 15) is 4.79 Å². The van der Waals surface area contributed by atoms with E-state index in [2.05, 4.69) is 11.3 Å². The maximum absolute atomic E-state index is 11.2. The summed E-state index contributed by atoms with van der Waals surface area (Å²) in [6.45, 7) is 7.04. The van der Waals surface area contributed by atoms with Crippen molar-refractivity contribution in [2.45, 2.75) is 6.92 Å². The van der Waals surface area contributed by atoms with Crippen molar-refractivity contribution in [1.29, 1.82) is 0 Å². The smallest absolute Gasteiger partial charge is 0.409 e. The second kappa shape index (κ2) is 4.46. The number of likely N-dealkylation sites (tertiary alicyclic amines) is 1. The zero-order valence-electron chi connectivity index (χ0n) is 8.69. The second-order valence-corrected chi connectivity index (χ2v) is 3.77. The zero-order valence-corrected chi connectivity index (χ0v) is 8.69. The third-order valence-corrected chi connectivity index (χ3v) is 2.74. The van der Waals surface area contributed by atoms with E-state index in [1.54, 1.807) is 4.90 Å². The molecule has 1 heterocycles. The summed E-state index contributed by atoms with van der Waals surface area (Å²) in [6.07, 6.45) is -0.327. The van der Waals surface area contributed by atoms with Gasteiger partial charge in [-0.1, -0.05) is 12.2 Å². The van der Waals surface area contributed by atoms with Gasteiger partial charge in [0.1, 0.15) is 0 Å². The third kappa shape index (κ3) is 2.07. The fraction of sp³-hybridized carbons (Fsp3) is 0.700. The normalized spacial score (nSPS) is 26.4. The average molecular weight is 199 g/mol. The number of carbonyl (C=O) groups is 1. The molecule has 2 atom stereocenters. The van der Waals surface area contributed by atoms with E-state index in [1.807, 2.05) is 6.92 Å². The highest BCUT2D eigenvalue weighted by molar-refractivity contribution is 5.67. The quantitative estimate of drug-likeness (QED) is 0.671. The number of amides is 1. The van der Waals surface area contributed by atoms with E-state index in [-0.39, 0.29) is 24.5 Å². The fourth-order valence-electron chi connectivity index (χ4n) is 1.89. The number of aliphatic hydroxyl groups excluding tert-OH is 1. The Hall–Kier alpha value is -1.03.